The van der Waals surface area contributed by atoms with Crippen LogP contribution in [0.2, 0.25) is 0 Å². The number of hydrogen-bond donors (Lipinski definition) is 21. The van der Waals surface area contributed by atoms with Crippen molar-refractivity contribution in [3.63, 3.8) is 0 Å². The molecule has 0 aromatic carbocycles. The van der Waals surface area contributed by atoms with Crippen molar-refractivity contribution in [1.82, 2.24) is 0 Å². The lowest BCUT2D eigenvalue weighted by atomic mass is 9.33. The van der Waals surface area contributed by atoms with Crippen LogP contribution in [0.25, 0.3) is 0 Å². The molecule has 0 aromatic heterocycles. The normalized spacial score (nSPS) is 51.5. The summed E-state index contributed by atoms with van der Waals surface area (Å²) < 4.78 is 102. The van der Waals surface area contributed by atoms with Crippen molar-refractivity contribution in [1.29, 1.82) is 0 Å². The number of fused-ring (bicyclic) bond motifs is 7. The largest absolute Gasteiger partial charge is 0.451 e. The average Bonchev–Trinajstić information content (AvgIpc) is 0.669. The molecule has 0 amide bonds. The van der Waals surface area contributed by atoms with Gasteiger partial charge in [0.15, 0.2) is 56.2 Å². The third-order valence-corrected chi connectivity index (χ3v) is 30.3. The average molecular weight is 1780 g/mol. The highest BCUT2D eigenvalue weighted by molar-refractivity contribution is 5.88. The zero-order chi connectivity index (χ0) is 90.6. The topological polar surface area (TPSA) is 616 Å². The third-order valence-electron chi connectivity index (χ3n) is 30.3. The number of hydrogen-bond acceptors (Lipinski definition) is 40. The summed E-state index contributed by atoms with van der Waals surface area (Å²) in [6, 6.07) is 0. The summed E-state index contributed by atoms with van der Waals surface area (Å²) in [5.41, 5.74) is -4.96. The van der Waals surface area contributed by atoms with E-state index < -0.39 is 329 Å². The molecule has 0 radical (unpaired) electrons. The van der Waals surface area contributed by atoms with Gasteiger partial charge < -0.3 is 188 Å². The van der Waals surface area contributed by atoms with E-state index in [1.54, 1.807) is 0 Å². The van der Waals surface area contributed by atoms with Crippen molar-refractivity contribution in [3.05, 3.63) is 36.0 Å². The van der Waals surface area contributed by atoms with Gasteiger partial charge in [0.2, 0.25) is 6.29 Å². The summed E-state index contributed by atoms with van der Waals surface area (Å²) in [5, 5.41) is 236. The summed E-state index contributed by atoms with van der Waals surface area (Å²) >= 11 is 0. The van der Waals surface area contributed by atoms with Crippen molar-refractivity contribution >= 4 is 11.9 Å². The van der Waals surface area contributed by atoms with E-state index in [-0.39, 0.29) is 43.1 Å². The molecule has 13 aliphatic rings. The van der Waals surface area contributed by atoms with E-state index in [1.807, 2.05) is 0 Å². The van der Waals surface area contributed by atoms with Crippen LogP contribution in [0.3, 0.4) is 0 Å². The summed E-state index contributed by atoms with van der Waals surface area (Å²) in [7, 11) is 0. The highest BCUT2D eigenvalue weighted by atomic mass is 16.8. The summed E-state index contributed by atoms with van der Waals surface area (Å²) in [4.78, 5) is 30.0. The second-order valence-electron chi connectivity index (χ2n) is 39.2. The van der Waals surface area contributed by atoms with Gasteiger partial charge in [0.25, 0.3) is 0 Å². The molecule has 0 unspecified atom stereocenters. The second kappa shape index (κ2) is 38.0. The number of esters is 2. The Morgan fingerprint density at radius 3 is 1.61 bits per heavy atom. The lowest BCUT2D eigenvalue weighted by Gasteiger charge is -2.71. The number of ether oxygens (including phenoxy) is 17. The van der Waals surface area contributed by atoms with E-state index in [4.69, 9.17) is 80.5 Å². The number of aliphatic hydroxyl groups is 21. The number of allylic oxidation sites excluding steroid dienone is 3. The van der Waals surface area contributed by atoms with Gasteiger partial charge in [0.1, 0.15) is 152 Å². The van der Waals surface area contributed by atoms with E-state index in [0.29, 0.717) is 44.9 Å². The molecule has 40 heteroatoms. The van der Waals surface area contributed by atoms with Crippen LogP contribution < -0.4 is 0 Å². The molecule has 0 spiro atoms. The van der Waals surface area contributed by atoms with Crippen LogP contribution >= 0.6 is 0 Å². The van der Waals surface area contributed by atoms with Crippen LogP contribution in [-0.2, 0) is 90.1 Å². The van der Waals surface area contributed by atoms with E-state index >= 15 is 4.79 Å². The minimum atomic E-state index is -2.19. The minimum absolute atomic E-state index is 0.0479. The highest BCUT2D eigenvalue weighted by Gasteiger charge is 2.73. The molecular weight excluding hydrogens is 1650 g/mol. The van der Waals surface area contributed by atoms with Gasteiger partial charge in [-0.1, -0.05) is 72.3 Å². The number of rotatable bonds is 24. The first-order chi connectivity index (χ1) is 58.1. The van der Waals surface area contributed by atoms with E-state index in [2.05, 4.69) is 61.1 Å². The van der Waals surface area contributed by atoms with Gasteiger partial charge in [-0.25, -0.2) is 4.79 Å². The van der Waals surface area contributed by atoms with Crippen molar-refractivity contribution in [2.24, 2.45) is 50.2 Å². The van der Waals surface area contributed by atoms with Gasteiger partial charge >= 0.3 is 11.9 Å². The Kier molecular flexibility index (Phi) is 30.1. The van der Waals surface area contributed by atoms with E-state index in [0.717, 1.165) is 5.57 Å². The van der Waals surface area contributed by atoms with Crippen LogP contribution in [0.15, 0.2) is 36.0 Å². The number of aliphatic hydroxyl groups excluding tert-OH is 20. The Hall–Kier alpha value is -3.28. The van der Waals surface area contributed by atoms with E-state index in [1.165, 1.54) is 39.8 Å². The first kappa shape index (κ1) is 98.2. The third kappa shape index (κ3) is 18.6. The molecule has 8 saturated heterocycles. The molecule has 8 heterocycles. The van der Waals surface area contributed by atoms with Crippen molar-refractivity contribution < 1.29 is 197 Å². The van der Waals surface area contributed by atoms with Gasteiger partial charge in [-0.05, 0) is 143 Å². The number of carbonyl (C=O) groups excluding carboxylic acids is 2. The van der Waals surface area contributed by atoms with Crippen LogP contribution in [-0.4, -0.2) is 398 Å². The van der Waals surface area contributed by atoms with Crippen LogP contribution in [0.1, 0.15) is 147 Å². The summed E-state index contributed by atoms with van der Waals surface area (Å²) in [5.74, 6) is -2.80. The van der Waals surface area contributed by atoms with Gasteiger partial charge in [-0.15, -0.1) is 6.58 Å². The van der Waals surface area contributed by atoms with Gasteiger partial charge in [0.05, 0.1) is 69.7 Å². The minimum Gasteiger partial charge on any atom is -0.451 e. The molecule has 12 fully saturated rings. The fraction of sp³-hybridized carbons (Fsp3) is 0.905. The monoisotopic (exact) mass is 1780 g/mol. The predicted octanol–water partition coefficient (Wildman–Crippen LogP) is -4.94. The Morgan fingerprint density at radius 2 is 0.984 bits per heavy atom. The molecule has 710 valence electrons. The molecule has 5 aliphatic carbocycles. The molecule has 13 rings (SSSR count). The standard InChI is InChI=1S/C84H134O40/c1-13-80(9,107)20-14-15-33(2)68(105)119-66-55(97)48(90)34(3)114-75(66)113-32-43-53(95)56(98)67(123-72-61(103)57(99)63(35(4)115-72)120-71-62(104)64(41(88)30-110-71)121-69-58(100)49(91)38(85)27-108-69)76(117-43)124-77(106)84-24-23-78(5,6)25-37(84)36-16-17-45-81(10)21-19-47(79(7,8)44(81)18-22-82(45,11)83(36,12)26-46(84)89)118-73-60(102)54(96)52(94)42(116-73)31-112-74-65(51(93)40(87)29-111-74)122-70-59(101)50(92)39(86)28-109-70/h13,15-16,34-35,37-67,69-76,85-104,107H,1,14,17-32H2,2-12H3/b33-15+/t34-,35-,37-,38+,39+,40-,41+,42+,43+,44-,45+,46+,47-,48-,49-,50-,51-,52+,53+,54-,55+,56-,57-,58+,59+,60+,61+,62+,63-,64-,65+,66+,67+,69-,70-,71-,72-,73-,74-,75+,76-,80-,81-,82+,83+,84+/m0/s1. The summed E-state index contributed by atoms with van der Waals surface area (Å²) in [6.45, 7) is 21.1. The van der Waals surface area contributed by atoms with Gasteiger partial charge in [-0.3, -0.25) is 4.79 Å². The summed E-state index contributed by atoms with van der Waals surface area (Å²) in [6.07, 6.45) is -55.0. The molecule has 21 N–H and O–H groups in total. The molecule has 0 bridgehead atoms. The smallest absolute Gasteiger partial charge is 0.333 e. The van der Waals surface area contributed by atoms with E-state index in [9.17, 15) is 112 Å². The maximum Gasteiger partial charge on any atom is 0.333 e. The van der Waals surface area contributed by atoms with Crippen LogP contribution in [0.4, 0.5) is 0 Å². The Morgan fingerprint density at radius 1 is 0.484 bits per heavy atom. The van der Waals surface area contributed by atoms with Crippen LogP contribution in [0, 0.1) is 50.2 Å². The predicted molar refractivity (Wildman–Crippen MR) is 416 cm³/mol. The first-order valence-corrected chi connectivity index (χ1v) is 43.4. The zero-order valence-corrected chi connectivity index (χ0v) is 71.8. The molecule has 0 aromatic rings. The lowest BCUT2D eigenvalue weighted by Crippen LogP contribution is -2.69. The zero-order valence-electron chi connectivity index (χ0n) is 71.8. The quantitative estimate of drug-likeness (QED) is 0.0186. The molecule has 46 atom stereocenters. The SMILES string of the molecule is C=C[C@](C)(O)CC/C=C(\C)C(=O)O[C@H]1[C@H](OC[C@H]2O[C@@H](OC(=O)[C@]34CCC(C)(C)C[C@H]3C3=CC[C@@H]5[C@@]6(C)CC[C@H](O[C@@H]7O[C@H](CO[C@@H]8OC[C@H](O)[C@H](O)[C@H]8O[C@@H]8OC[C@@H](O)[C@H](O)[C@H]8O)[C@@H](O)[C@H](O)[C@H]7O)C(C)(C)[C@@H]6CC[C@@]5(C)[C@]3(C)C[C@H]4O)[C@H](O[C@@H]3O[C@@H](C)[C@H](O[C@@H]4OC[C@@H](O)[C@H](O[C@@H]5OC[C@@H](O)[C@H](O)[C@H]5O)[C@H]4O)[C@@H](O)[C@H]3O)[C@@H](O)[C@@H]2O)O[C@@H](C)[C@H](O)[C@H]1O. The molecule has 4 saturated carbocycles. The molecule has 8 aliphatic heterocycles. The fourth-order valence-electron chi connectivity index (χ4n) is 22.2. The molecular formula is C84H134O40. The first-order valence-electron chi connectivity index (χ1n) is 43.4. The molecule has 40 nitrogen and oxygen atoms in total. The number of carbonyl (C=O) groups is 2. The van der Waals surface area contributed by atoms with Gasteiger partial charge in [0, 0.05) is 5.57 Å². The maximum atomic E-state index is 16.3. The fourth-order valence-corrected chi connectivity index (χ4v) is 22.2. The van der Waals surface area contributed by atoms with Crippen molar-refractivity contribution in [2.45, 2.75) is 386 Å². The highest BCUT2D eigenvalue weighted by Crippen LogP contribution is 2.76. The van der Waals surface area contributed by atoms with Crippen LogP contribution in [0.5, 0.6) is 0 Å². The molecule has 124 heavy (non-hydrogen) atoms. The Bertz CT molecular complexity index is 3690. The Labute approximate surface area is 718 Å². The maximum absolute atomic E-state index is 16.3. The lowest BCUT2D eigenvalue weighted by molar-refractivity contribution is -0.381. The Balaban J connectivity index is 0.738. The van der Waals surface area contributed by atoms with Crippen molar-refractivity contribution in [2.75, 3.05) is 39.6 Å². The second-order valence-corrected chi connectivity index (χ2v) is 39.2. The van der Waals surface area contributed by atoms with Gasteiger partial charge in [-0.2, -0.15) is 0 Å². The van der Waals surface area contributed by atoms with Crippen molar-refractivity contribution in [3.8, 4) is 0 Å².